The van der Waals surface area contributed by atoms with Crippen molar-refractivity contribution < 1.29 is 23.9 Å². The zero-order valence-electron chi connectivity index (χ0n) is 15.5. The minimum absolute atomic E-state index is 0.406. The number of rotatable bonds is 4. The van der Waals surface area contributed by atoms with Gasteiger partial charge in [-0.1, -0.05) is 23.7 Å². The number of imide groups is 1. The van der Waals surface area contributed by atoms with Crippen LogP contribution < -0.4 is 20.1 Å². The van der Waals surface area contributed by atoms with E-state index in [1.807, 2.05) is 0 Å². The van der Waals surface area contributed by atoms with E-state index < -0.39 is 29.9 Å². The lowest BCUT2D eigenvalue weighted by Crippen LogP contribution is -2.42. The number of fused-ring (bicyclic) bond motifs is 1. The maximum atomic E-state index is 13.0. The molecule has 2 heterocycles. The lowest BCUT2D eigenvalue weighted by molar-refractivity contribution is -0.133. The van der Waals surface area contributed by atoms with E-state index in [1.165, 1.54) is 0 Å². The molecule has 2 aromatic rings. The van der Waals surface area contributed by atoms with E-state index in [9.17, 15) is 14.4 Å². The fourth-order valence-electron chi connectivity index (χ4n) is 3.30. The number of urea groups is 1. The van der Waals surface area contributed by atoms with Gasteiger partial charge in [0, 0.05) is 10.7 Å². The fourth-order valence-corrected chi connectivity index (χ4v) is 3.49. The van der Waals surface area contributed by atoms with Crippen molar-refractivity contribution >= 4 is 35.1 Å². The minimum atomic E-state index is -1.32. The topological polar surface area (TPSA) is 97.0 Å². The zero-order chi connectivity index (χ0) is 20.6. The van der Waals surface area contributed by atoms with Crippen LogP contribution in [0.5, 0.6) is 11.5 Å². The fraction of sp³-hybridized carbons (Fsp3) is 0.250. The maximum absolute atomic E-state index is 13.0. The Labute approximate surface area is 171 Å². The molecular formula is C20H18ClN3O5. The number of amides is 4. The molecule has 29 heavy (non-hydrogen) atoms. The van der Waals surface area contributed by atoms with E-state index >= 15 is 0 Å². The normalized spacial score (nSPS) is 20.4. The largest absolute Gasteiger partial charge is 0.486 e. The SMILES string of the molecule is CC1(c2ccc3c(c2)OCCO3)NC(=O)N(CC(=O)Nc2cccc(Cl)c2)C1=O. The molecule has 150 valence electrons. The van der Waals surface area contributed by atoms with Crippen molar-refractivity contribution in [2.75, 3.05) is 25.1 Å². The molecule has 1 fully saturated rings. The van der Waals surface area contributed by atoms with Crippen LogP contribution >= 0.6 is 11.6 Å². The van der Waals surface area contributed by atoms with Gasteiger partial charge in [-0.15, -0.1) is 0 Å². The smallest absolute Gasteiger partial charge is 0.325 e. The van der Waals surface area contributed by atoms with E-state index in [-0.39, 0.29) is 0 Å². The summed E-state index contributed by atoms with van der Waals surface area (Å²) in [4.78, 5) is 38.7. The first-order valence-electron chi connectivity index (χ1n) is 8.96. The van der Waals surface area contributed by atoms with Crippen LogP contribution in [0.15, 0.2) is 42.5 Å². The standard InChI is InChI=1S/C20H18ClN3O5/c1-20(12-5-6-15-16(9-12)29-8-7-28-15)18(26)24(19(27)23-20)11-17(25)22-14-4-2-3-13(21)10-14/h2-6,9-10H,7-8,11H2,1H3,(H,22,25)(H,23,27). The Morgan fingerprint density at radius 2 is 1.93 bits per heavy atom. The molecule has 1 unspecified atom stereocenters. The van der Waals surface area contributed by atoms with Crippen molar-refractivity contribution in [3.8, 4) is 11.5 Å². The summed E-state index contributed by atoms with van der Waals surface area (Å²) in [5.41, 5.74) is -0.300. The minimum Gasteiger partial charge on any atom is -0.486 e. The molecule has 0 bridgehead atoms. The quantitative estimate of drug-likeness (QED) is 0.748. The van der Waals surface area contributed by atoms with Crippen LogP contribution in [0, 0.1) is 0 Å². The monoisotopic (exact) mass is 415 g/mol. The summed E-state index contributed by atoms with van der Waals surface area (Å²) in [6.45, 7) is 2.03. The number of hydrogen-bond acceptors (Lipinski definition) is 5. The van der Waals surface area contributed by atoms with Gasteiger partial charge in [-0.2, -0.15) is 0 Å². The summed E-state index contributed by atoms with van der Waals surface area (Å²) < 4.78 is 11.1. The summed E-state index contributed by atoms with van der Waals surface area (Å²) >= 11 is 5.90. The lowest BCUT2D eigenvalue weighted by Gasteiger charge is -2.25. The lowest BCUT2D eigenvalue weighted by atomic mass is 9.91. The molecule has 0 aromatic heterocycles. The molecule has 0 saturated carbocycles. The van der Waals surface area contributed by atoms with E-state index in [1.54, 1.807) is 49.4 Å². The van der Waals surface area contributed by atoms with Gasteiger partial charge in [0.2, 0.25) is 5.91 Å². The Kier molecular flexibility index (Phi) is 4.79. The van der Waals surface area contributed by atoms with Crippen molar-refractivity contribution in [3.63, 3.8) is 0 Å². The molecule has 1 atom stereocenters. The Bertz CT molecular complexity index is 1010. The molecule has 4 rings (SSSR count). The van der Waals surface area contributed by atoms with Gasteiger partial charge in [-0.25, -0.2) is 4.79 Å². The summed E-state index contributed by atoms with van der Waals surface area (Å²) in [6.07, 6.45) is 0. The molecule has 8 nitrogen and oxygen atoms in total. The first-order valence-corrected chi connectivity index (χ1v) is 9.34. The highest BCUT2D eigenvalue weighted by molar-refractivity contribution is 6.30. The van der Waals surface area contributed by atoms with Crippen LogP contribution in [0.25, 0.3) is 0 Å². The molecule has 2 N–H and O–H groups in total. The second-order valence-corrected chi connectivity index (χ2v) is 7.30. The summed E-state index contributed by atoms with van der Waals surface area (Å²) in [7, 11) is 0. The highest BCUT2D eigenvalue weighted by Crippen LogP contribution is 2.36. The van der Waals surface area contributed by atoms with Crippen LogP contribution in [0.1, 0.15) is 12.5 Å². The molecule has 0 aliphatic carbocycles. The maximum Gasteiger partial charge on any atom is 0.325 e. The first kappa shape index (κ1) is 19.1. The van der Waals surface area contributed by atoms with Gasteiger partial charge >= 0.3 is 6.03 Å². The molecule has 0 radical (unpaired) electrons. The van der Waals surface area contributed by atoms with E-state index in [0.717, 1.165) is 4.90 Å². The van der Waals surface area contributed by atoms with Gasteiger partial charge in [0.15, 0.2) is 11.5 Å². The molecule has 9 heteroatoms. The molecule has 0 spiro atoms. The number of halogens is 1. The van der Waals surface area contributed by atoms with Crippen LogP contribution in [-0.4, -0.2) is 42.5 Å². The number of carbonyl (C=O) groups excluding carboxylic acids is 3. The third-order valence-electron chi connectivity index (χ3n) is 4.80. The van der Waals surface area contributed by atoms with Crippen molar-refractivity contribution in [1.82, 2.24) is 10.2 Å². The number of carbonyl (C=O) groups is 3. The van der Waals surface area contributed by atoms with Crippen molar-refractivity contribution in [1.29, 1.82) is 0 Å². The van der Waals surface area contributed by atoms with E-state index in [4.69, 9.17) is 21.1 Å². The average molecular weight is 416 g/mol. The number of nitrogens with one attached hydrogen (secondary N) is 2. The predicted molar refractivity (Wildman–Crippen MR) is 105 cm³/mol. The van der Waals surface area contributed by atoms with E-state index in [0.29, 0.717) is 41.0 Å². The molecule has 4 amide bonds. The van der Waals surface area contributed by atoms with Gasteiger partial charge < -0.3 is 20.1 Å². The van der Waals surface area contributed by atoms with Gasteiger partial charge in [0.25, 0.3) is 5.91 Å². The number of ether oxygens (including phenoxy) is 2. The highest BCUT2D eigenvalue weighted by atomic mass is 35.5. The second kappa shape index (κ2) is 7.29. The Morgan fingerprint density at radius 3 is 2.69 bits per heavy atom. The second-order valence-electron chi connectivity index (χ2n) is 6.86. The molecule has 1 saturated heterocycles. The highest BCUT2D eigenvalue weighted by Gasteiger charge is 2.49. The average Bonchev–Trinajstić information content (AvgIpc) is 2.91. The zero-order valence-corrected chi connectivity index (χ0v) is 16.3. The Balaban J connectivity index is 1.51. The van der Waals surface area contributed by atoms with Gasteiger partial charge in [-0.3, -0.25) is 14.5 Å². The third kappa shape index (κ3) is 3.58. The van der Waals surface area contributed by atoms with Crippen molar-refractivity contribution in [3.05, 3.63) is 53.1 Å². The number of anilines is 1. The summed E-state index contributed by atoms with van der Waals surface area (Å²) in [5.74, 6) is 0.0508. The van der Waals surface area contributed by atoms with Gasteiger partial charge in [-0.05, 0) is 42.8 Å². The Morgan fingerprint density at radius 1 is 1.17 bits per heavy atom. The van der Waals surface area contributed by atoms with E-state index in [2.05, 4.69) is 10.6 Å². The summed E-state index contributed by atoms with van der Waals surface area (Å²) in [6, 6.07) is 11.0. The molecular weight excluding hydrogens is 398 g/mol. The first-order chi connectivity index (χ1) is 13.9. The third-order valence-corrected chi connectivity index (χ3v) is 5.04. The number of benzene rings is 2. The molecule has 2 aromatic carbocycles. The number of hydrogen-bond donors (Lipinski definition) is 2. The molecule has 2 aliphatic heterocycles. The van der Waals surface area contributed by atoms with Gasteiger partial charge in [0.1, 0.15) is 25.3 Å². The summed E-state index contributed by atoms with van der Waals surface area (Å²) in [5, 5.41) is 5.76. The van der Waals surface area contributed by atoms with Crippen molar-refractivity contribution in [2.24, 2.45) is 0 Å². The Hall–Kier alpha value is -3.26. The van der Waals surface area contributed by atoms with Crippen LogP contribution in [0.3, 0.4) is 0 Å². The van der Waals surface area contributed by atoms with Crippen molar-refractivity contribution in [2.45, 2.75) is 12.5 Å². The van der Waals surface area contributed by atoms with Crippen LogP contribution in [0.2, 0.25) is 5.02 Å². The van der Waals surface area contributed by atoms with Crippen LogP contribution in [-0.2, 0) is 15.1 Å². The predicted octanol–water partition coefficient (Wildman–Crippen LogP) is 2.52. The van der Waals surface area contributed by atoms with Crippen LogP contribution in [0.4, 0.5) is 10.5 Å². The number of nitrogens with zero attached hydrogens (tertiary/aromatic N) is 1. The van der Waals surface area contributed by atoms with Gasteiger partial charge in [0.05, 0.1) is 0 Å². The molecule has 2 aliphatic rings.